The molecule has 4 aromatic rings. The Morgan fingerprint density at radius 2 is 1.70 bits per heavy atom. The summed E-state index contributed by atoms with van der Waals surface area (Å²) in [7, 11) is 0. The third kappa shape index (κ3) is 4.95. The lowest BCUT2D eigenvalue weighted by Gasteiger charge is -2.28. The molecule has 2 aromatic carbocycles. The average Bonchev–Trinajstić information content (AvgIpc) is 3.38. The predicted octanol–water partition coefficient (Wildman–Crippen LogP) is 4.27. The summed E-state index contributed by atoms with van der Waals surface area (Å²) < 4.78 is 12.2. The van der Waals surface area contributed by atoms with Crippen LogP contribution in [0.3, 0.4) is 0 Å². The van der Waals surface area contributed by atoms with Gasteiger partial charge in [-0.2, -0.15) is 0 Å². The van der Waals surface area contributed by atoms with Gasteiger partial charge < -0.3 is 25.5 Å². The van der Waals surface area contributed by atoms with Gasteiger partial charge in [0.05, 0.1) is 36.6 Å². The fourth-order valence-electron chi connectivity index (χ4n) is 4.95. The van der Waals surface area contributed by atoms with E-state index in [1.807, 2.05) is 12.1 Å². The number of nitrogens with two attached hydrogens (primary N) is 1. The van der Waals surface area contributed by atoms with Gasteiger partial charge in [0.25, 0.3) is 0 Å². The molecule has 2 saturated heterocycles. The van der Waals surface area contributed by atoms with E-state index in [1.165, 1.54) is 22.2 Å². The number of morpholine rings is 2. The molecule has 2 fully saturated rings. The molecule has 8 nitrogen and oxygen atoms in total. The minimum Gasteiger partial charge on any atom is -0.398 e. The van der Waals surface area contributed by atoms with Crippen LogP contribution >= 0.6 is 11.3 Å². The normalized spacial score (nSPS) is 16.8. The van der Waals surface area contributed by atoms with Crippen LogP contribution in [0.5, 0.6) is 0 Å². The SMILES string of the molecule is N=Cc1c(N)cccc1-c1nc(N2CCOCC2)c2sc(-c3cccc(CN4CCOCC4)c3)cc2n1. The molecule has 9 heteroatoms. The number of fused-ring (bicyclic) bond motifs is 1. The molecule has 2 aliphatic heterocycles. The standard InChI is InChI=1S/C28H30N6O2S/c29-17-22-21(5-2-6-23(22)30)27-31-24-16-25(37-26(24)28(32-27)34-9-13-36-14-10-34)20-4-1-3-19(15-20)18-33-7-11-35-12-8-33/h1-6,15-17,29H,7-14,18,30H2. The highest BCUT2D eigenvalue weighted by Gasteiger charge is 2.22. The van der Waals surface area contributed by atoms with Gasteiger partial charge in [0.15, 0.2) is 11.6 Å². The van der Waals surface area contributed by atoms with Crippen molar-refractivity contribution in [2.45, 2.75) is 6.54 Å². The molecule has 6 rings (SSSR count). The van der Waals surface area contributed by atoms with Crippen LogP contribution in [0.25, 0.3) is 32.0 Å². The van der Waals surface area contributed by atoms with Crippen LogP contribution in [-0.4, -0.2) is 73.7 Å². The van der Waals surface area contributed by atoms with Crippen molar-refractivity contribution in [1.82, 2.24) is 14.9 Å². The highest BCUT2D eigenvalue weighted by molar-refractivity contribution is 7.22. The van der Waals surface area contributed by atoms with Crippen LogP contribution in [-0.2, 0) is 16.0 Å². The summed E-state index contributed by atoms with van der Waals surface area (Å²) in [4.78, 5) is 15.9. The molecule has 3 N–H and O–H groups in total. The van der Waals surface area contributed by atoms with E-state index >= 15 is 0 Å². The van der Waals surface area contributed by atoms with E-state index in [9.17, 15) is 0 Å². The summed E-state index contributed by atoms with van der Waals surface area (Å²) in [5, 5.41) is 7.92. The lowest BCUT2D eigenvalue weighted by molar-refractivity contribution is 0.0342. The first-order valence-electron chi connectivity index (χ1n) is 12.6. The number of rotatable bonds is 6. The minimum absolute atomic E-state index is 0.548. The van der Waals surface area contributed by atoms with E-state index in [0.717, 1.165) is 67.5 Å². The Morgan fingerprint density at radius 1 is 0.946 bits per heavy atom. The number of aromatic nitrogens is 2. The zero-order valence-corrected chi connectivity index (χ0v) is 21.5. The molecule has 0 spiro atoms. The van der Waals surface area contributed by atoms with E-state index in [0.29, 0.717) is 30.3 Å². The number of hydrogen-bond acceptors (Lipinski definition) is 9. The minimum atomic E-state index is 0.548. The molecular formula is C28H30N6O2S. The second-order valence-corrected chi connectivity index (χ2v) is 10.4. The summed E-state index contributed by atoms with van der Waals surface area (Å²) >= 11 is 1.73. The van der Waals surface area contributed by atoms with E-state index in [2.05, 4.69) is 40.1 Å². The summed E-state index contributed by atoms with van der Waals surface area (Å²) in [6, 6.07) is 16.6. The highest BCUT2D eigenvalue weighted by atomic mass is 32.1. The molecule has 0 bridgehead atoms. The van der Waals surface area contributed by atoms with Crippen LogP contribution in [0.2, 0.25) is 0 Å². The topological polar surface area (TPSA) is 101 Å². The van der Waals surface area contributed by atoms with Gasteiger partial charge in [-0.25, -0.2) is 9.97 Å². The van der Waals surface area contributed by atoms with Crippen molar-refractivity contribution in [3.05, 3.63) is 59.7 Å². The average molecular weight is 515 g/mol. The lowest BCUT2D eigenvalue weighted by Crippen LogP contribution is -2.36. The first kappa shape index (κ1) is 24.0. The van der Waals surface area contributed by atoms with E-state index in [4.69, 9.17) is 30.6 Å². The van der Waals surface area contributed by atoms with Crippen LogP contribution in [0.1, 0.15) is 11.1 Å². The Hall–Kier alpha value is -3.37. The molecule has 0 atom stereocenters. The molecule has 0 unspecified atom stereocenters. The van der Waals surface area contributed by atoms with Crippen molar-refractivity contribution >= 4 is 39.3 Å². The molecule has 0 saturated carbocycles. The van der Waals surface area contributed by atoms with Crippen molar-refractivity contribution in [3.63, 3.8) is 0 Å². The maximum atomic E-state index is 7.92. The molecule has 0 amide bonds. The number of nitrogens with one attached hydrogen (secondary N) is 1. The third-order valence-electron chi connectivity index (χ3n) is 6.91. The first-order valence-corrected chi connectivity index (χ1v) is 13.4. The largest absolute Gasteiger partial charge is 0.398 e. The van der Waals surface area contributed by atoms with Gasteiger partial charge in [-0.15, -0.1) is 11.3 Å². The Kier molecular flexibility index (Phi) is 6.84. The smallest absolute Gasteiger partial charge is 0.162 e. The molecule has 0 aliphatic carbocycles. The summed E-state index contributed by atoms with van der Waals surface area (Å²) in [5.41, 5.74) is 11.5. The van der Waals surface area contributed by atoms with Gasteiger partial charge in [-0.3, -0.25) is 4.90 Å². The van der Waals surface area contributed by atoms with E-state index < -0.39 is 0 Å². The summed E-state index contributed by atoms with van der Waals surface area (Å²) in [6.45, 7) is 7.37. The van der Waals surface area contributed by atoms with Crippen molar-refractivity contribution in [1.29, 1.82) is 5.41 Å². The van der Waals surface area contributed by atoms with Gasteiger partial charge in [0.1, 0.15) is 0 Å². The lowest BCUT2D eigenvalue weighted by atomic mass is 10.1. The van der Waals surface area contributed by atoms with E-state index in [1.54, 1.807) is 17.4 Å². The van der Waals surface area contributed by atoms with Gasteiger partial charge in [0, 0.05) is 60.6 Å². The number of thiophene rings is 1. The van der Waals surface area contributed by atoms with Gasteiger partial charge in [0.2, 0.25) is 0 Å². The molecular weight excluding hydrogens is 484 g/mol. The summed E-state index contributed by atoms with van der Waals surface area (Å²) in [5.74, 6) is 1.51. The Bertz CT molecular complexity index is 1430. The molecule has 190 valence electrons. The molecule has 4 heterocycles. The number of nitrogen functional groups attached to an aromatic ring is 1. The number of benzene rings is 2. The van der Waals surface area contributed by atoms with Crippen molar-refractivity contribution < 1.29 is 9.47 Å². The molecule has 37 heavy (non-hydrogen) atoms. The fourth-order valence-corrected chi connectivity index (χ4v) is 6.06. The monoisotopic (exact) mass is 514 g/mol. The van der Waals surface area contributed by atoms with Crippen molar-refractivity contribution in [2.75, 3.05) is 63.2 Å². The number of hydrogen-bond donors (Lipinski definition) is 2. The number of ether oxygens (including phenoxy) is 2. The van der Waals surface area contributed by atoms with Crippen LogP contribution < -0.4 is 10.6 Å². The maximum Gasteiger partial charge on any atom is 0.162 e. The van der Waals surface area contributed by atoms with Gasteiger partial charge in [-0.05, 0) is 29.3 Å². The second-order valence-electron chi connectivity index (χ2n) is 9.34. The first-order chi connectivity index (χ1) is 18.2. The van der Waals surface area contributed by atoms with Gasteiger partial charge in [-0.1, -0.05) is 30.3 Å². The number of nitrogens with zero attached hydrogens (tertiary/aromatic N) is 4. The zero-order chi connectivity index (χ0) is 25.2. The Balaban J connectivity index is 1.43. The second kappa shape index (κ2) is 10.5. The molecule has 0 radical (unpaired) electrons. The van der Waals surface area contributed by atoms with Crippen LogP contribution in [0.4, 0.5) is 11.5 Å². The Labute approximate surface area is 220 Å². The predicted molar refractivity (Wildman–Crippen MR) is 150 cm³/mol. The van der Waals surface area contributed by atoms with Gasteiger partial charge >= 0.3 is 0 Å². The van der Waals surface area contributed by atoms with Crippen molar-refractivity contribution in [3.8, 4) is 21.8 Å². The maximum absolute atomic E-state index is 7.92. The molecule has 2 aromatic heterocycles. The third-order valence-corrected chi connectivity index (χ3v) is 8.08. The number of anilines is 2. The highest BCUT2D eigenvalue weighted by Crippen LogP contribution is 2.39. The van der Waals surface area contributed by atoms with E-state index in [-0.39, 0.29) is 0 Å². The molecule has 2 aliphatic rings. The van der Waals surface area contributed by atoms with Crippen LogP contribution in [0, 0.1) is 5.41 Å². The van der Waals surface area contributed by atoms with Crippen molar-refractivity contribution in [2.24, 2.45) is 0 Å². The fraction of sp³-hybridized carbons (Fsp3) is 0.321. The Morgan fingerprint density at radius 3 is 2.49 bits per heavy atom. The van der Waals surface area contributed by atoms with Crippen LogP contribution in [0.15, 0.2) is 48.5 Å². The zero-order valence-electron chi connectivity index (χ0n) is 20.7. The quantitative estimate of drug-likeness (QED) is 0.293. The summed E-state index contributed by atoms with van der Waals surface area (Å²) in [6.07, 6.45) is 1.28.